The molecule has 0 rings (SSSR count). The summed E-state index contributed by atoms with van der Waals surface area (Å²) in [6.45, 7) is 8.41. The van der Waals surface area contributed by atoms with Crippen molar-refractivity contribution in [2.24, 2.45) is 0 Å². The Balaban J connectivity index is 3.84. The lowest BCUT2D eigenvalue weighted by atomic mass is 10.2. The van der Waals surface area contributed by atoms with Gasteiger partial charge < -0.3 is 4.43 Å². The third-order valence-electron chi connectivity index (χ3n) is 2.13. The van der Waals surface area contributed by atoms with Crippen LogP contribution in [0.15, 0.2) is 0 Å². The second-order valence-corrected chi connectivity index (χ2v) is 9.52. The van der Waals surface area contributed by atoms with Crippen molar-refractivity contribution in [3.05, 3.63) is 0 Å². The first-order chi connectivity index (χ1) is 6.87. The van der Waals surface area contributed by atoms with Crippen LogP contribution in [0.1, 0.15) is 53.4 Å². The summed E-state index contributed by atoms with van der Waals surface area (Å²) in [5.74, 6) is 0. The lowest BCUT2D eigenvalue weighted by Gasteiger charge is -2.27. The number of hydrogen-bond donors (Lipinski definition) is 0. The predicted octanol–water partition coefficient (Wildman–Crippen LogP) is 4.45. The van der Waals surface area contributed by atoms with Gasteiger partial charge in [-0.1, -0.05) is 32.6 Å². The van der Waals surface area contributed by atoms with Crippen LogP contribution >= 0.6 is 23.2 Å². The molecule has 0 aliphatic heterocycles. The smallest absolute Gasteiger partial charge is 0.211 e. The van der Waals surface area contributed by atoms with Crippen molar-refractivity contribution in [2.75, 3.05) is 0 Å². The summed E-state index contributed by atoms with van der Waals surface area (Å²) in [7, 11) is -1.44. The van der Waals surface area contributed by atoms with E-state index in [1.54, 1.807) is 0 Å². The Labute approximate surface area is 106 Å². The normalized spacial score (nSPS) is 14.6. The lowest BCUT2D eigenvalue weighted by Crippen LogP contribution is -2.35. The maximum atomic E-state index is 5.96. The van der Waals surface area contributed by atoms with E-state index in [0.717, 1.165) is 6.04 Å². The number of rotatable bonds is 7. The summed E-state index contributed by atoms with van der Waals surface area (Å²) in [5.41, 5.74) is -0.107. The molecule has 1 unspecified atom stereocenters. The van der Waals surface area contributed by atoms with Crippen LogP contribution in [0.25, 0.3) is 0 Å². The van der Waals surface area contributed by atoms with Crippen LogP contribution in [-0.4, -0.2) is 19.1 Å². The molecule has 0 amide bonds. The van der Waals surface area contributed by atoms with E-state index in [9.17, 15) is 0 Å². The highest BCUT2D eigenvalue weighted by molar-refractivity contribution is 6.76. The van der Waals surface area contributed by atoms with Crippen LogP contribution in [0, 0.1) is 0 Å². The molecule has 0 bridgehead atoms. The van der Waals surface area contributed by atoms with Gasteiger partial charge in [-0.3, -0.25) is 0 Å². The zero-order chi connectivity index (χ0) is 11.9. The fourth-order valence-electron chi connectivity index (χ4n) is 1.46. The van der Waals surface area contributed by atoms with Crippen LogP contribution in [0.2, 0.25) is 6.04 Å². The molecule has 0 N–H and O–H groups in total. The van der Waals surface area contributed by atoms with Gasteiger partial charge in [0.15, 0.2) is 0 Å². The molecule has 0 aliphatic rings. The van der Waals surface area contributed by atoms with Gasteiger partial charge in [-0.15, -0.1) is 23.2 Å². The topological polar surface area (TPSA) is 9.23 Å². The Hall–Kier alpha value is 0.757. The van der Waals surface area contributed by atoms with Crippen molar-refractivity contribution in [2.45, 2.75) is 69.5 Å². The van der Waals surface area contributed by atoms with Crippen molar-refractivity contribution in [1.82, 2.24) is 0 Å². The fraction of sp³-hybridized carbons (Fsp3) is 1.00. The van der Waals surface area contributed by atoms with Gasteiger partial charge in [0.2, 0.25) is 9.04 Å². The highest BCUT2D eigenvalue weighted by Gasteiger charge is 2.25. The summed E-state index contributed by atoms with van der Waals surface area (Å²) < 4.78 is 5.67. The van der Waals surface area contributed by atoms with E-state index in [4.69, 9.17) is 27.6 Å². The van der Waals surface area contributed by atoms with Crippen LogP contribution < -0.4 is 0 Å². The molecule has 15 heavy (non-hydrogen) atoms. The summed E-state index contributed by atoms with van der Waals surface area (Å²) in [6, 6.07) is 1.09. The molecule has 4 heteroatoms. The first-order valence-corrected chi connectivity index (χ1v) is 8.65. The molecule has 0 aliphatic carbocycles. The summed E-state index contributed by atoms with van der Waals surface area (Å²) in [5, 5.41) is 0. The number of hydrogen-bond acceptors (Lipinski definition) is 1. The van der Waals surface area contributed by atoms with E-state index in [-0.39, 0.29) is 10.1 Å². The average molecular weight is 271 g/mol. The summed E-state index contributed by atoms with van der Waals surface area (Å²) >= 11 is 11.9. The second kappa shape index (κ2) is 7.94. The fourth-order valence-corrected chi connectivity index (χ4v) is 4.60. The monoisotopic (exact) mass is 270 g/mol. The van der Waals surface area contributed by atoms with E-state index in [0.29, 0.717) is 0 Å². The van der Waals surface area contributed by atoms with Crippen LogP contribution in [0.5, 0.6) is 0 Å². The molecule has 0 aromatic carbocycles. The highest BCUT2D eigenvalue weighted by Crippen LogP contribution is 2.21. The molecule has 0 saturated heterocycles. The van der Waals surface area contributed by atoms with Crippen LogP contribution in [0.3, 0.4) is 0 Å². The van der Waals surface area contributed by atoms with Gasteiger partial charge in [0.1, 0.15) is 4.46 Å². The van der Waals surface area contributed by atoms with Crippen LogP contribution in [-0.2, 0) is 4.43 Å². The van der Waals surface area contributed by atoms with E-state index in [1.165, 1.54) is 25.7 Å². The zero-order valence-corrected chi connectivity index (χ0v) is 13.0. The Morgan fingerprint density at radius 1 is 1.13 bits per heavy atom. The molecule has 0 radical (unpaired) electrons. The van der Waals surface area contributed by atoms with E-state index >= 15 is 0 Å². The Bertz CT molecular complexity index is 157. The Morgan fingerprint density at radius 3 is 2.13 bits per heavy atom. The van der Waals surface area contributed by atoms with Gasteiger partial charge in [-0.2, -0.15) is 0 Å². The third kappa shape index (κ3) is 9.67. The second-order valence-electron chi connectivity index (χ2n) is 4.95. The molecule has 1 atom stereocenters. The van der Waals surface area contributed by atoms with Crippen molar-refractivity contribution in [3.8, 4) is 0 Å². The van der Waals surface area contributed by atoms with Gasteiger partial charge in [-0.05, 0) is 26.8 Å². The molecule has 0 aromatic heterocycles. The quantitative estimate of drug-likeness (QED) is 0.377. The van der Waals surface area contributed by atoms with Crippen molar-refractivity contribution in [3.63, 3.8) is 0 Å². The SMILES string of the molecule is CCCCCC[SiH](OC(C)(C)C)C(Cl)Cl. The van der Waals surface area contributed by atoms with Gasteiger partial charge >= 0.3 is 0 Å². The minimum Gasteiger partial charge on any atom is -0.413 e. The molecular formula is C11H24Cl2OSi. The molecule has 0 fully saturated rings. The first kappa shape index (κ1) is 15.8. The van der Waals surface area contributed by atoms with Gasteiger partial charge in [0, 0.05) is 5.60 Å². The molecule has 0 heterocycles. The largest absolute Gasteiger partial charge is 0.413 e. The lowest BCUT2D eigenvalue weighted by molar-refractivity contribution is 0.128. The van der Waals surface area contributed by atoms with Gasteiger partial charge in [0.25, 0.3) is 0 Å². The van der Waals surface area contributed by atoms with Crippen molar-refractivity contribution >= 4 is 32.2 Å². The highest BCUT2D eigenvalue weighted by atomic mass is 35.5. The molecular weight excluding hydrogens is 247 g/mol. The summed E-state index contributed by atoms with van der Waals surface area (Å²) in [6.07, 6.45) is 5.04. The zero-order valence-electron chi connectivity index (χ0n) is 10.4. The molecule has 0 spiro atoms. The van der Waals surface area contributed by atoms with Gasteiger partial charge in [0.05, 0.1) is 0 Å². The number of unbranched alkanes of at least 4 members (excludes halogenated alkanes) is 3. The van der Waals surface area contributed by atoms with E-state index in [2.05, 4.69) is 27.7 Å². The average Bonchev–Trinajstić information content (AvgIpc) is 2.08. The van der Waals surface area contributed by atoms with Gasteiger partial charge in [-0.25, -0.2) is 0 Å². The minimum atomic E-state index is -1.44. The maximum absolute atomic E-state index is 5.96. The van der Waals surface area contributed by atoms with Crippen molar-refractivity contribution < 1.29 is 4.43 Å². The van der Waals surface area contributed by atoms with E-state index < -0.39 is 9.04 Å². The minimum absolute atomic E-state index is 0.107. The molecule has 92 valence electrons. The predicted molar refractivity (Wildman–Crippen MR) is 72.4 cm³/mol. The van der Waals surface area contributed by atoms with E-state index in [1.807, 2.05) is 0 Å². The standard InChI is InChI=1S/C11H24Cl2OSi/c1-5-6-7-8-9-15(10(12)13)14-11(2,3)4/h10,15H,5-9H2,1-4H3. The third-order valence-corrected chi connectivity index (χ3v) is 6.36. The number of alkyl halides is 2. The van der Waals surface area contributed by atoms with Crippen LogP contribution in [0.4, 0.5) is 0 Å². The van der Waals surface area contributed by atoms with Crippen molar-refractivity contribution in [1.29, 1.82) is 0 Å². The number of halogens is 2. The molecule has 1 nitrogen and oxygen atoms in total. The first-order valence-electron chi connectivity index (χ1n) is 5.82. The Kier molecular flexibility index (Phi) is 8.34. The Morgan fingerprint density at radius 2 is 1.73 bits per heavy atom. The maximum Gasteiger partial charge on any atom is 0.211 e. The molecule has 0 aromatic rings. The molecule has 0 saturated carbocycles. The summed E-state index contributed by atoms with van der Waals surface area (Å²) in [4.78, 5) is 0.